The normalized spacial score (nSPS) is 39.4. The molecule has 3 nitrogen and oxygen atoms in total. The maximum atomic E-state index is 11.2. The zero-order valence-corrected chi connectivity index (χ0v) is 5.88. The molecule has 0 rings (SSSR count). The van der Waals surface area contributed by atoms with E-state index >= 15 is 0 Å². The van der Waals surface area contributed by atoms with Crippen molar-refractivity contribution in [3.8, 4) is 0 Å². The van der Waals surface area contributed by atoms with Crippen LogP contribution in [0.5, 0.6) is 0 Å². The first kappa shape index (κ1) is 2.09. The minimum atomic E-state index is -6.05. The third kappa shape index (κ3) is 1.95. The van der Waals surface area contributed by atoms with Gasteiger partial charge in [0.15, 0.2) is 0 Å². The fourth-order valence-corrected chi connectivity index (χ4v) is 0.299. The zero-order chi connectivity index (χ0) is 12.7. The van der Waals surface area contributed by atoms with Gasteiger partial charge in [-0.3, -0.25) is 0 Å². The number of carbonyl (C=O) groups excluding carboxylic acids is 1. The van der Waals surface area contributed by atoms with Gasteiger partial charge in [0.1, 0.15) is 0 Å². The van der Waals surface area contributed by atoms with Gasteiger partial charge in [-0.1, -0.05) is 0 Å². The molecule has 0 spiro atoms. The van der Waals surface area contributed by atoms with E-state index < -0.39 is 40.7 Å². The second-order valence-corrected chi connectivity index (χ2v) is 5.52. The van der Waals surface area contributed by atoms with Crippen LogP contribution in [0.4, 0.5) is 0 Å². The quantitative estimate of drug-likeness (QED) is 0.337. The Morgan fingerprint density at radius 1 is 2.00 bits per heavy atom. The summed E-state index contributed by atoms with van der Waals surface area (Å²) < 4.78 is 64.1. The first-order valence-corrected chi connectivity index (χ1v) is 5.64. The van der Waals surface area contributed by atoms with Crippen LogP contribution in [0.2, 0.25) is 0 Å². The second-order valence-electron chi connectivity index (χ2n) is 0.930. The van der Waals surface area contributed by atoms with Gasteiger partial charge in [0.05, 0.1) is 0 Å². The molecule has 1 unspecified atom stereocenters. The van der Waals surface area contributed by atoms with E-state index in [1.54, 1.807) is 0 Å². The molecular weight excluding hydrogens is 223 g/mol. The van der Waals surface area contributed by atoms with Crippen LogP contribution in [0, 0.1) is 0 Å². The summed E-state index contributed by atoms with van der Waals surface area (Å²) in [6, 6.07) is 0. The Bertz CT molecular complexity index is 290. The third-order valence-electron chi connectivity index (χ3n) is 0.392. The van der Waals surface area contributed by atoms with Crippen LogP contribution >= 0.6 is 18.8 Å². The van der Waals surface area contributed by atoms with Crippen LogP contribution in [-0.4, -0.2) is 11.6 Å². The van der Waals surface area contributed by atoms with Crippen molar-refractivity contribution < 1.29 is 20.9 Å². The van der Waals surface area contributed by atoms with Crippen molar-refractivity contribution in [3.05, 3.63) is 0 Å². The molecule has 0 aromatic rings. The van der Waals surface area contributed by atoms with Gasteiger partial charge in [0.25, 0.3) is 0 Å². The van der Waals surface area contributed by atoms with Gasteiger partial charge in [0.2, 0.25) is 0 Å². The number of halogens is 1. The summed E-state index contributed by atoms with van der Waals surface area (Å²) in [5.74, 6) is 0. The van der Waals surface area contributed by atoms with E-state index in [0.29, 0.717) is 0 Å². The molecule has 8 heavy (non-hydrogen) atoms. The molecule has 50 valence electrons. The number of hydrogen-bond acceptors (Lipinski definition) is 2. The molecule has 0 radical (unpaired) electrons. The summed E-state index contributed by atoms with van der Waals surface area (Å²) >= 11 is -6.05. The molecule has 4 heteroatoms. The van der Waals surface area contributed by atoms with Crippen LogP contribution in [0.15, 0.2) is 0 Å². The van der Waals surface area contributed by atoms with E-state index in [2.05, 4.69) is 0 Å². The molecule has 0 bridgehead atoms. The molecule has 0 amide bonds. The average molecular weight is 239 g/mol. The van der Waals surface area contributed by atoms with E-state index in [1.165, 1.54) is 0 Å². The first-order valence-electron chi connectivity index (χ1n) is 4.97. The zero-order valence-electron chi connectivity index (χ0n) is 10.7. The number of carbonyl (C=O) groups is 1. The fourth-order valence-electron chi connectivity index (χ4n) is 0.0445. The molecule has 0 aliphatic rings. The van der Waals surface area contributed by atoms with Gasteiger partial charge in [0, 0.05) is 0 Å². The van der Waals surface area contributed by atoms with E-state index in [4.69, 9.17) is 13.0 Å². The number of alkyl halides is 1. The van der Waals surface area contributed by atoms with Gasteiger partial charge in [-0.15, -0.1) is 0 Å². The van der Waals surface area contributed by atoms with Crippen molar-refractivity contribution in [2.24, 2.45) is 0 Å². The van der Waals surface area contributed by atoms with Crippen molar-refractivity contribution in [3.63, 3.8) is 0 Å². The van der Waals surface area contributed by atoms with E-state index in [-0.39, 0.29) is 0 Å². The van der Waals surface area contributed by atoms with E-state index in [0.717, 1.165) is 0 Å². The monoisotopic (exact) mass is 239 g/mol. The predicted octanol–water partition coefficient (Wildman–Crippen LogP) is 0.880. The second kappa shape index (κ2) is 2.63. The Kier molecular flexibility index (Phi) is 0.686. The molecule has 1 N–H and O–H groups in total. The fraction of sp³-hybridized carbons (Fsp3) is 0.750. The van der Waals surface area contributed by atoms with E-state index in [9.17, 15) is 7.86 Å². The van der Waals surface area contributed by atoms with Gasteiger partial charge in [-0.25, -0.2) is 0 Å². The first-order chi connectivity index (χ1) is 6.31. The molecule has 0 aliphatic heterocycles. The third-order valence-corrected chi connectivity index (χ3v) is 2.63. The SMILES string of the molecule is [2H]C([2H])([2H])C([2H])(C([2H])([2H])[2H])I(=O)(O)C=O. The molecular formula is C4H9IO3. The Balaban J connectivity index is 5.87. The summed E-state index contributed by atoms with van der Waals surface area (Å²) in [5.41, 5.74) is 0. The number of hydrogen-bond donors (Lipinski definition) is 1. The van der Waals surface area contributed by atoms with Crippen molar-refractivity contribution >= 4 is 23.1 Å². The molecule has 0 aromatic carbocycles. The molecule has 1 atom stereocenters. The van der Waals surface area contributed by atoms with E-state index in [1.807, 2.05) is 0 Å². The Labute approximate surface area is 62.4 Å². The topological polar surface area (TPSA) is 54.4 Å². The van der Waals surface area contributed by atoms with Crippen LogP contribution < -0.4 is 0 Å². The van der Waals surface area contributed by atoms with Crippen LogP contribution in [0.1, 0.15) is 23.3 Å². The van der Waals surface area contributed by atoms with Crippen molar-refractivity contribution in [2.45, 2.75) is 17.6 Å². The summed E-state index contributed by atoms with van der Waals surface area (Å²) in [5, 5.41) is 0. The molecule has 0 fully saturated rings. The van der Waals surface area contributed by atoms with Gasteiger partial charge in [-0.05, 0) is 0 Å². The Morgan fingerprint density at radius 3 is 2.62 bits per heavy atom. The van der Waals surface area contributed by atoms with Crippen LogP contribution in [0.3, 0.4) is 0 Å². The van der Waals surface area contributed by atoms with Gasteiger partial charge >= 0.3 is 61.6 Å². The average Bonchev–Trinajstić information content (AvgIpc) is 1.98. The van der Waals surface area contributed by atoms with Crippen LogP contribution in [-0.2, 0) is 7.86 Å². The van der Waals surface area contributed by atoms with Crippen molar-refractivity contribution in [2.75, 3.05) is 0 Å². The summed E-state index contributed by atoms with van der Waals surface area (Å²) in [4.78, 5) is 10.3. The minimum absolute atomic E-state index is 0.613. The molecule has 0 heterocycles. The van der Waals surface area contributed by atoms with Gasteiger partial charge < -0.3 is 0 Å². The summed E-state index contributed by atoms with van der Waals surface area (Å²) in [7, 11) is 0. The van der Waals surface area contributed by atoms with Gasteiger partial charge in [-0.2, -0.15) is 0 Å². The van der Waals surface area contributed by atoms with Crippen LogP contribution in [0.25, 0.3) is 0 Å². The van der Waals surface area contributed by atoms with Crippen molar-refractivity contribution in [1.29, 1.82) is 0 Å². The standard InChI is InChI=1S/C4H9IO3/c1-4(2)5(7,8)3-6/h3-4H,1-2H3,(H,7,8)/i1D3,2D3,4D. The summed E-state index contributed by atoms with van der Waals surface area (Å²) in [6.07, 6.45) is 0. The molecule has 0 aromatic heterocycles. The molecule has 0 aliphatic carbocycles. The molecule has 0 saturated carbocycles. The Hall–Kier alpha value is 0.160. The summed E-state index contributed by atoms with van der Waals surface area (Å²) in [6.45, 7) is -7.07. The molecule has 0 saturated heterocycles. The van der Waals surface area contributed by atoms with Crippen molar-refractivity contribution in [1.82, 2.24) is 0 Å². The Morgan fingerprint density at radius 2 is 2.50 bits per heavy atom. The number of rotatable bonds is 2. The maximum absolute atomic E-state index is 11.2. The predicted molar refractivity (Wildman–Crippen MR) is 38.8 cm³/mol.